The number of amides is 4. The zero-order valence-corrected chi connectivity index (χ0v) is 19.3. The van der Waals surface area contributed by atoms with Crippen LogP contribution in [0.3, 0.4) is 0 Å². The molecule has 0 atom stereocenters. The van der Waals surface area contributed by atoms with Crippen LogP contribution in [0.5, 0.6) is 0 Å². The van der Waals surface area contributed by atoms with Crippen molar-refractivity contribution >= 4 is 40.8 Å². The van der Waals surface area contributed by atoms with Gasteiger partial charge < -0.3 is 0 Å². The second kappa shape index (κ2) is 8.38. The first-order chi connectivity index (χ1) is 18.2. The normalized spacial score (nSPS) is 14.3. The largest absolute Gasteiger partial charge is 0.289 e. The van der Waals surface area contributed by atoms with E-state index in [4.69, 9.17) is 0 Å². The Morgan fingerprint density at radius 2 is 0.816 bits per heavy atom. The van der Waals surface area contributed by atoms with Gasteiger partial charge in [-0.2, -0.15) is 0 Å². The molecule has 9 heteroatoms. The number of rotatable bonds is 4. The van der Waals surface area contributed by atoms with Crippen LogP contribution in [0.15, 0.2) is 84.9 Å². The van der Waals surface area contributed by atoms with Gasteiger partial charge >= 0.3 is 0 Å². The van der Waals surface area contributed by atoms with Gasteiger partial charge in [0.2, 0.25) is 0 Å². The number of carbonyl (C=O) groups excluding carboxylic acids is 5. The van der Waals surface area contributed by atoms with Crippen LogP contribution in [0.4, 0.5) is 20.2 Å². The number of hydrogen-bond acceptors (Lipinski definition) is 5. The van der Waals surface area contributed by atoms with Gasteiger partial charge in [-0.1, -0.05) is 12.1 Å². The van der Waals surface area contributed by atoms with Crippen molar-refractivity contribution in [1.82, 2.24) is 0 Å². The second-order valence-electron chi connectivity index (χ2n) is 8.69. The van der Waals surface area contributed by atoms with Gasteiger partial charge in [0.25, 0.3) is 23.6 Å². The molecule has 2 aliphatic heterocycles. The van der Waals surface area contributed by atoms with E-state index < -0.39 is 41.0 Å². The summed E-state index contributed by atoms with van der Waals surface area (Å²) >= 11 is 0. The zero-order valence-electron chi connectivity index (χ0n) is 19.3. The molecule has 7 nitrogen and oxygen atoms in total. The minimum absolute atomic E-state index is 0.0140. The fraction of sp³-hybridized carbons (Fsp3) is 0. The van der Waals surface area contributed by atoms with Crippen LogP contribution in [0.25, 0.3) is 0 Å². The molecule has 0 aliphatic carbocycles. The Hall–Kier alpha value is -5.31. The fourth-order valence-corrected chi connectivity index (χ4v) is 4.58. The molecule has 0 unspecified atom stereocenters. The number of hydrogen-bond donors (Lipinski definition) is 0. The van der Waals surface area contributed by atoms with Crippen LogP contribution in [-0.2, 0) is 0 Å². The summed E-state index contributed by atoms with van der Waals surface area (Å²) in [4.78, 5) is 66.8. The highest BCUT2D eigenvalue weighted by Crippen LogP contribution is 2.32. The van der Waals surface area contributed by atoms with Gasteiger partial charge in [-0.3, -0.25) is 24.0 Å². The molecule has 2 aliphatic rings. The molecule has 0 N–H and O–H groups in total. The third kappa shape index (κ3) is 3.44. The highest BCUT2D eigenvalue weighted by atomic mass is 19.1. The van der Waals surface area contributed by atoms with E-state index in [1.54, 1.807) is 0 Å². The average Bonchev–Trinajstić information content (AvgIpc) is 3.33. The Kier molecular flexibility index (Phi) is 5.09. The molecule has 0 spiro atoms. The molecule has 4 amide bonds. The Bertz CT molecular complexity index is 1600. The van der Waals surface area contributed by atoms with Crippen molar-refractivity contribution < 1.29 is 32.8 Å². The van der Waals surface area contributed by atoms with Crippen molar-refractivity contribution in [2.45, 2.75) is 0 Å². The lowest BCUT2D eigenvalue weighted by molar-refractivity contribution is 0.0910. The maximum absolute atomic E-state index is 13.3. The van der Waals surface area contributed by atoms with E-state index in [1.807, 2.05) is 0 Å². The van der Waals surface area contributed by atoms with E-state index in [-0.39, 0.29) is 44.8 Å². The number of nitrogens with zero attached hydrogens (tertiary/aromatic N) is 2. The summed E-state index contributed by atoms with van der Waals surface area (Å²) in [6.07, 6.45) is 0. The average molecular weight is 508 g/mol. The highest BCUT2D eigenvalue weighted by Gasteiger charge is 2.39. The summed E-state index contributed by atoms with van der Waals surface area (Å²) < 4.78 is 26.6. The Balaban J connectivity index is 1.31. The molecule has 0 radical (unpaired) electrons. The summed E-state index contributed by atoms with van der Waals surface area (Å²) in [6.45, 7) is 0. The molecular weight excluding hydrogens is 494 g/mol. The minimum atomic E-state index is -0.657. The van der Waals surface area contributed by atoms with Gasteiger partial charge in [-0.15, -0.1) is 0 Å². The molecule has 4 aromatic carbocycles. The maximum Gasteiger partial charge on any atom is 0.266 e. The lowest BCUT2D eigenvalue weighted by Crippen LogP contribution is -2.29. The first-order valence-corrected chi connectivity index (χ1v) is 11.4. The molecule has 6 rings (SSSR count). The molecule has 0 saturated carbocycles. The topological polar surface area (TPSA) is 91.8 Å². The van der Waals surface area contributed by atoms with Crippen LogP contribution in [0, 0.1) is 11.6 Å². The quantitative estimate of drug-likeness (QED) is 0.292. The lowest BCUT2D eigenvalue weighted by Gasteiger charge is -2.13. The Morgan fingerprint density at radius 3 is 1.18 bits per heavy atom. The number of benzene rings is 4. The third-order valence-corrected chi connectivity index (χ3v) is 6.47. The van der Waals surface area contributed by atoms with Crippen LogP contribution in [0.2, 0.25) is 0 Å². The van der Waals surface area contributed by atoms with E-state index in [1.165, 1.54) is 60.7 Å². The van der Waals surface area contributed by atoms with Gasteiger partial charge in [0.15, 0.2) is 5.78 Å². The summed E-state index contributed by atoms with van der Waals surface area (Å²) in [5, 5.41) is 0. The molecule has 0 aromatic heterocycles. The van der Waals surface area contributed by atoms with Crippen LogP contribution in [0.1, 0.15) is 57.4 Å². The lowest BCUT2D eigenvalue weighted by atomic mass is 9.96. The van der Waals surface area contributed by atoms with Crippen molar-refractivity contribution in [1.29, 1.82) is 0 Å². The first kappa shape index (κ1) is 23.1. The molecule has 0 bridgehead atoms. The van der Waals surface area contributed by atoms with Gasteiger partial charge in [-0.05, 0) is 72.8 Å². The molecule has 0 fully saturated rings. The van der Waals surface area contributed by atoms with Crippen LogP contribution < -0.4 is 9.80 Å². The van der Waals surface area contributed by atoms with Gasteiger partial charge in [0, 0.05) is 11.1 Å². The van der Waals surface area contributed by atoms with E-state index >= 15 is 0 Å². The number of fused-ring (bicyclic) bond motifs is 2. The SMILES string of the molecule is O=C(c1ccc2c(c1)C(=O)N(c1ccc(F)cc1)C2=O)c1ccc2c(c1)C(=O)N(c1ccc(F)cc1)C2=O. The Morgan fingerprint density at radius 1 is 0.474 bits per heavy atom. The van der Waals surface area contributed by atoms with Gasteiger partial charge in [-0.25, -0.2) is 18.6 Å². The molecule has 0 saturated heterocycles. The van der Waals surface area contributed by atoms with E-state index in [0.29, 0.717) is 0 Å². The molecule has 184 valence electrons. The predicted octanol–water partition coefficient (Wildman–Crippen LogP) is 4.80. The molecule has 2 heterocycles. The van der Waals surface area contributed by atoms with Crippen LogP contribution >= 0.6 is 0 Å². The highest BCUT2D eigenvalue weighted by molar-refractivity contribution is 6.36. The van der Waals surface area contributed by atoms with Gasteiger partial charge in [0.05, 0.1) is 33.6 Å². The zero-order chi connectivity index (χ0) is 26.7. The molecule has 38 heavy (non-hydrogen) atoms. The smallest absolute Gasteiger partial charge is 0.266 e. The van der Waals surface area contributed by atoms with Crippen molar-refractivity contribution in [3.05, 3.63) is 130 Å². The van der Waals surface area contributed by atoms with Gasteiger partial charge in [0.1, 0.15) is 11.6 Å². The van der Waals surface area contributed by atoms with Crippen molar-refractivity contribution in [3.8, 4) is 0 Å². The monoisotopic (exact) mass is 508 g/mol. The van der Waals surface area contributed by atoms with Crippen LogP contribution in [-0.4, -0.2) is 29.4 Å². The van der Waals surface area contributed by atoms with Crippen molar-refractivity contribution in [2.75, 3.05) is 9.80 Å². The maximum atomic E-state index is 13.3. The predicted molar refractivity (Wildman–Crippen MR) is 131 cm³/mol. The second-order valence-corrected chi connectivity index (χ2v) is 8.69. The summed E-state index contributed by atoms with van der Waals surface area (Å²) in [5.74, 6) is -4.08. The van der Waals surface area contributed by atoms with E-state index in [2.05, 4.69) is 0 Å². The third-order valence-electron chi connectivity index (χ3n) is 6.47. The Labute approximate surface area is 213 Å². The number of halogens is 2. The summed E-state index contributed by atoms with van der Waals surface area (Å²) in [5.41, 5.74) is 0.799. The number of carbonyl (C=O) groups is 5. The number of imide groups is 2. The van der Waals surface area contributed by atoms with Crippen molar-refractivity contribution in [3.63, 3.8) is 0 Å². The van der Waals surface area contributed by atoms with E-state index in [0.717, 1.165) is 34.1 Å². The van der Waals surface area contributed by atoms with E-state index in [9.17, 15) is 32.8 Å². The minimum Gasteiger partial charge on any atom is -0.289 e. The summed E-state index contributed by atoms with van der Waals surface area (Å²) in [6, 6.07) is 17.9. The molecule has 4 aromatic rings. The fourth-order valence-electron chi connectivity index (χ4n) is 4.58. The standard InChI is InChI=1S/C29H14F2N2O5/c30-17-3-7-19(8-4-17)32-26(35)21-11-1-15(13-23(21)28(32)37)25(34)16-2-12-22-24(14-16)29(38)33(27(22)36)20-9-5-18(31)6-10-20/h1-14H. The number of ketones is 1. The number of anilines is 2. The first-order valence-electron chi connectivity index (χ1n) is 11.4. The molecular formula is C29H14F2N2O5. The summed E-state index contributed by atoms with van der Waals surface area (Å²) in [7, 11) is 0. The van der Waals surface area contributed by atoms with Crippen molar-refractivity contribution in [2.24, 2.45) is 0 Å².